The summed E-state index contributed by atoms with van der Waals surface area (Å²) in [5, 5.41) is 13.4. The maximum Gasteiger partial charge on any atom is 0.303 e. The highest BCUT2D eigenvalue weighted by atomic mass is 35.5. The van der Waals surface area contributed by atoms with Crippen molar-refractivity contribution in [2.45, 2.75) is 37.8 Å². The maximum atomic E-state index is 13.7. The Morgan fingerprint density at radius 1 is 1.00 bits per heavy atom. The van der Waals surface area contributed by atoms with Crippen LogP contribution in [0.4, 0.5) is 0 Å². The summed E-state index contributed by atoms with van der Waals surface area (Å²) >= 11 is 12.3. The van der Waals surface area contributed by atoms with E-state index in [0.29, 0.717) is 53.0 Å². The zero-order chi connectivity index (χ0) is 25.5. The Morgan fingerprint density at radius 3 is 2.47 bits per heavy atom. The predicted octanol–water partition coefficient (Wildman–Crippen LogP) is 6.03. The zero-order valence-electron chi connectivity index (χ0n) is 19.6. The number of aryl methyl sites for hydroxylation is 1. The number of benzene rings is 3. The van der Waals surface area contributed by atoms with E-state index in [-0.39, 0.29) is 25.4 Å². The number of carboxylic acids is 1. The van der Waals surface area contributed by atoms with Gasteiger partial charge < -0.3 is 19.9 Å². The predicted molar refractivity (Wildman–Crippen MR) is 139 cm³/mol. The van der Waals surface area contributed by atoms with E-state index >= 15 is 0 Å². The van der Waals surface area contributed by atoms with Crippen molar-refractivity contribution in [3.05, 3.63) is 99.0 Å². The van der Waals surface area contributed by atoms with Crippen LogP contribution in [0.1, 0.15) is 46.3 Å². The topological polar surface area (TPSA) is 84.9 Å². The Bertz CT molecular complexity index is 1230. The van der Waals surface area contributed by atoms with Crippen LogP contribution in [0.25, 0.3) is 0 Å². The highest BCUT2D eigenvalue weighted by molar-refractivity contribution is 6.34. The summed E-state index contributed by atoms with van der Waals surface area (Å²) < 4.78 is 11.4. The van der Waals surface area contributed by atoms with Gasteiger partial charge in [-0.1, -0.05) is 65.7 Å². The molecule has 0 aliphatic carbocycles. The number of hydrogen-bond acceptors (Lipinski definition) is 4. The minimum Gasteiger partial charge on any atom is -0.487 e. The van der Waals surface area contributed by atoms with Crippen molar-refractivity contribution in [3.63, 3.8) is 0 Å². The molecule has 0 saturated carbocycles. The number of rotatable bonds is 9. The quantitative estimate of drug-likeness (QED) is 0.355. The van der Waals surface area contributed by atoms with Crippen LogP contribution in [0.5, 0.6) is 5.75 Å². The molecule has 3 aromatic carbocycles. The molecule has 188 valence electrons. The van der Waals surface area contributed by atoms with E-state index in [1.165, 1.54) is 0 Å². The van der Waals surface area contributed by atoms with E-state index in [1.54, 1.807) is 30.3 Å². The molecular weight excluding hydrogens is 501 g/mol. The summed E-state index contributed by atoms with van der Waals surface area (Å²) in [7, 11) is 0. The lowest BCUT2D eigenvalue weighted by Gasteiger charge is -2.38. The SMILES string of the molecule is O=C(O)CCc1ccc(COc2cc(Cl)ccc2Cl)cc1C(=O)NC1(c2ccccc2)CCOCC1. The third-order valence-corrected chi connectivity index (χ3v) is 6.89. The average Bonchev–Trinajstić information content (AvgIpc) is 2.89. The number of ether oxygens (including phenoxy) is 2. The van der Waals surface area contributed by atoms with Crippen LogP contribution in [0.2, 0.25) is 10.0 Å². The highest BCUT2D eigenvalue weighted by Gasteiger charge is 2.36. The molecule has 0 aromatic heterocycles. The molecule has 1 aliphatic rings. The van der Waals surface area contributed by atoms with Gasteiger partial charge in [0.25, 0.3) is 5.91 Å². The van der Waals surface area contributed by atoms with Crippen LogP contribution in [0, 0.1) is 0 Å². The Labute approximate surface area is 220 Å². The Morgan fingerprint density at radius 2 is 1.75 bits per heavy atom. The van der Waals surface area contributed by atoms with E-state index < -0.39 is 11.5 Å². The summed E-state index contributed by atoms with van der Waals surface area (Å²) in [5.74, 6) is -0.742. The second kappa shape index (κ2) is 11.8. The molecule has 0 bridgehead atoms. The Balaban J connectivity index is 1.61. The summed E-state index contributed by atoms with van der Waals surface area (Å²) in [6, 6.07) is 20.2. The van der Waals surface area contributed by atoms with Crippen molar-refractivity contribution < 1.29 is 24.2 Å². The molecule has 0 unspecified atom stereocenters. The number of hydrogen-bond donors (Lipinski definition) is 2. The minimum atomic E-state index is -0.922. The zero-order valence-corrected chi connectivity index (χ0v) is 21.1. The van der Waals surface area contributed by atoms with Crippen LogP contribution in [0.3, 0.4) is 0 Å². The van der Waals surface area contributed by atoms with E-state index in [2.05, 4.69) is 5.32 Å². The number of halogens is 2. The van der Waals surface area contributed by atoms with E-state index in [0.717, 1.165) is 11.1 Å². The second-order valence-electron chi connectivity index (χ2n) is 8.76. The standard InChI is InChI=1S/C28H27Cl2NO5/c29-22-9-10-24(30)25(17-22)36-18-19-6-7-20(8-11-26(32)33)23(16-19)27(34)31-28(12-14-35-15-13-28)21-4-2-1-3-5-21/h1-7,9-10,16-17H,8,11-15,18H2,(H,31,34)(H,32,33). The second-order valence-corrected chi connectivity index (χ2v) is 9.61. The van der Waals surface area contributed by atoms with Gasteiger partial charge in [0.05, 0.1) is 10.6 Å². The summed E-state index contributed by atoms with van der Waals surface area (Å²) in [5.41, 5.74) is 2.28. The maximum absolute atomic E-state index is 13.7. The lowest BCUT2D eigenvalue weighted by molar-refractivity contribution is -0.136. The number of nitrogens with one attached hydrogen (secondary N) is 1. The number of amides is 1. The first-order valence-electron chi connectivity index (χ1n) is 11.7. The molecule has 1 aliphatic heterocycles. The fraction of sp³-hybridized carbons (Fsp3) is 0.286. The number of carbonyl (C=O) groups is 2. The molecule has 36 heavy (non-hydrogen) atoms. The Kier molecular flexibility index (Phi) is 8.52. The third kappa shape index (κ3) is 6.38. The van der Waals surface area contributed by atoms with Gasteiger partial charge in [0.15, 0.2) is 0 Å². The normalized spacial score (nSPS) is 14.7. The summed E-state index contributed by atoms with van der Waals surface area (Å²) in [6.45, 7) is 1.24. The molecule has 0 radical (unpaired) electrons. The average molecular weight is 528 g/mol. The number of carbonyl (C=O) groups excluding carboxylic acids is 1. The molecule has 1 saturated heterocycles. The first kappa shape index (κ1) is 26.0. The van der Waals surface area contributed by atoms with Gasteiger partial charge in [0, 0.05) is 36.3 Å². The molecular formula is C28H27Cl2NO5. The molecule has 3 aromatic rings. The van der Waals surface area contributed by atoms with Gasteiger partial charge in [-0.05, 0) is 54.2 Å². The van der Waals surface area contributed by atoms with Gasteiger partial charge in [0.2, 0.25) is 0 Å². The minimum absolute atomic E-state index is 0.0775. The molecule has 1 fully saturated rings. The molecule has 0 spiro atoms. The van der Waals surface area contributed by atoms with Gasteiger partial charge >= 0.3 is 5.97 Å². The van der Waals surface area contributed by atoms with Crippen molar-refractivity contribution in [2.75, 3.05) is 13.2 Å². The lowest BCUT2D eigenvalue weighted by atomic mass is 9.82. The molecule has 8 heteroatoms. The lowest BCUT2D eigenvalue weighted by Crippen LogP contribution is -2.49. The molecule has 4 rings (SSSR count). The Hall–Kier alpha value is -3.06. The third-order valence-electron chi connectivity index (χ3n) is 6.34. The van der Waals surface area contributed by atoms with Gasteiger partial charge in [-0.2, -0.15) is 0 Å². The number of aliphatic carboxylic acids is 1. The molecule has 2 N–H and O–H groups in total. The van der Waals surface area contributed by atoms with Crippen molar-refractivity contribution >= 4 is 35.1 Å². The van der Waals surface area contributed by atoms with Gasteiger partial charge in [-0.15, -0.1) is 0 Å². The fourth-order valence-corrected chi connectivity index (χ4v) is 4.72. The number of carboxylic acid groups (broad SMARTS) is 1. The highest BCUT2D eigenvalue weighted by Crippen LogP contribution is 2.33. The molecule has 1 heterocycles. The van der Waals surface area contributed by atoms with E-state index in [9.17, 15) is 14.7 Å². The summed E-state index contributed by atoms with van der Waals surface area (Å²) in [4.78, 5) is 24.9. The van der Waals surface area contributed by atoms with Crippen LogP contribution >= 0.6 is 23.2 Å². The largest absolute Gasteiger partial charge is 0.487 e. The van der Waals surface area contributed by atoms with Crippen molar-refractivity contribution in [3.8, 4) is 5.75 Å². The van der Waals surface area contributed by atoms with Crippen molar-refractivity contribution in [1.29, 1.82) is 0 Å². The first-order valence-corrected chi connectivity index (χ1v) is 12.5. The van der Waals surface area contributed by atoms with E-state index in [1.807, 2.05) is 36.4 Å². The molecule has 1 amide bonds. The van der Waals surface area contributed by atoms with Gasteiger partial charge in [-0.25, -0.2) is 0 Å². The molecule has 6 nitrogen and oxygen atoms in total. The van der Waals surface area contributed by atoms with Gasteiger partial charge in [-0.3, -0.25) is 9.59 Å². The molecule has 0 atom stereocenters. The van der Waals surface area contributed by atoms with Crippen LogP contribution in [-0.2, 0) is 28.1 Å². The van der Waals surface area contributed by atoms with Crippen molar-refractivity contribution in [2.24, 2.45) is 0 Å². The first-order chi connectivity index (χ1) is 17.4. The van der Waals surface area contributed by atoms with Crippen LogP contribution < -0.4 is 10.1 Å². The summed E-state index contributed by atoms with van der Waals surface area (Å²) in [6.07, 6.45) is 1.44. The van der Waals surface area contributed by atoms with E-state index in [4.69, 9.17) is 32.7 Å². The van der Waals surface area contributed by atoms with Crippen LogP contribution in [0.15, 0.2) is 66.7 Å². The fourth-order valence-electron chi connectivity index (χ4n) is 4.38. The van der Waals surface area contributed by atoms with Gasteiger partial charge in [0.1, 0.15) is 12.4 Å². The van der Waals surface area contributed by atoms with Crippen molar-refractivity contribution in [1.82, 2.24) is 5.32 Å². The van der Waals surface area contributed by atoms with Crippen LogP contribution in [-0.4, -0.2) is 30.2 Å². The monoisotopic (exact) mass is 527 g/mol. The smallest absolute Gasteiger partial charge is 0.303 e.